The fourth-order valence-electron chi connectivity index (χ4n) is 3.87. The minimum atomic E-state index is -1.08. The number of ether oxygens (including phenoxy) is 1. The van der Waals surface area contributed by atoms with Crippen LogP contribution in [0.1, 0.15) is 17.9 Å². The Morgan fingerprint density at radius 2 is 2.16 bits per heavy atom. The van der Waals surface area contributed by atoms with Crippen molar-refractivity contribution >= 4 is 34.0 Å². The number of nitrogens with zero attached hydrogens (tertiary/aromatic N) is 5. The second-order valence-corrected chi connectivity index (χ2v) is 7.17. The Balaban J connectivity index is 1.90. The molecule has 4 aromatic rings. The largest absolute Gasteiger partial charge is 0.496 e. The summed E-state index contributed by atoms with van der Waals surface area (Å²) in [6.07, 6.45) is 2.98. The predicted octanol–water partition coefficient (Wildman–Crippen LogP) is 3.42. The number of imidazole rings is 1. The van der Waals surface area contributed by atoms with Gasteiger partial charge in [0.15, 0.2) is 6.19 Å². The number of rotatable bonds is 7. The third-order valence-electron chi connectivity index (χ3n) is 5.20. The number of hydrogen-bond donors (Lipinski definition) is 3. The molecule has 11 nitrogen and oxygen atoms in total. The Morgan fingerprint density at radius 3 is 2.81 bits per heavy atom. The minimum Gasteiger partial charge on any atom is -0.496 e. The normalized spacial score (nSPS) is 10.9. The molecule has 0 aliphatic heterocycles. The number of pyridine rings is 1. The van der Waals surface area contributed by atoms with Crippen molar-refractivity contribution in [3.63, 3.8) is 0 Å². The molecule has 3 aromatic heterocycles. The van der Waals surface area contributed by atoms with Gasteiger partial charge in [-0.05, 0) is 32.4 Å². The van der Waals surface area contributed by atoms with Crippen LogP contribution in [-0.4, -0.2) is 44.5 Å². The number of carboxylic acid groups (broad SMARTS) is 1. The highest BCUT2D eigenvalue weighted by Crippen LogP contribution is 2.39. The fourth-order valence-corrected chi connectivity index (χ4v) is 3.87. The van der Waals surface area contributed by atoms with Gasteiger partial charge in [0, 0.05) is 24.0 Å². The number of fused-ring (bicyclic) bond motifs is 3. The van der Waals surface area contributed by atoms with Crippen LogP contribution in [0.2, 0.25) is 0 Å². The van der Waals surface area contributed by atoms with Gasteiger partial charge in [0.05, 0.1) is 35.6 Å². The van der Waals surface area contributed by atoms with E-state index in [1.165, 1.54) is 0 Å². The Morgan fingerprint density at radius 1 is 1.34 bits per heavy atom. The number of nitrogens with one attached hydrogen (secondary N) is 2. The number of hydrogen-bond acceptors (Lipinski definition) is 8. The first-order valence-electron chi connectivity index (χ1n) is 9.86. The van der Waals surface area contributed by atoms with E-state index in [9.17, 15) is 4.79 Å². The van der Waals surface area contributed by atoms with Crippen molar-refractivity contribution in [1.29, 1.82) is 5.26 Å². The van der Waals surface area contributed by atoms with E-state index >= 15 is 0 Å². The average molecular weight is 435 g/mol. The molecule has 0 saturated heterocycles. The maximum Gasteiger partial charge on any atom is 0.404 e. The number of carbonyl (C=O) groups is 1. The smallest absolute Gasteiger partial charge is 0.404 e. The number of aromatic nitrogens is 4. The van der Waals surface area contributed by atoms with Gasteiger partial charge in [-0.1, -0.05) is 5.16 Å². The van der Waals surface area contributed by atoms with Gasteiger partial charge >= 0.3 is 6.09 Å². The summed E-state index contributed by atoms with van der Waals surface area (Å²) in [7, 11) is 1.59. The molecular formula is C21H21N7O4. The van der Waals surface area contributed by atoms with Gasteiger partial charge in [0.25, 0.3) is 0 Å². The molecule has 0 aliphatic rings. The summed E-state index contributed by atoms with van der Waals surface area (Å²) in [4.78, 5) is 19.8. The van der Waals surface area contributed by atoms with E-state index in [0.29, 0.717) is 41.5 Å². The fraction of sp³-hybridized carbons (Fsp3) is 0.286. The van der Waals surface area contributed by atoms with Crippen LogP contribution >= 0.6 is 0 Å². The first-order valence-corrected chi connectivity index (χ1v) is 9.86. The van der Waals surface area contributed by atoms with Crippen LogP contribution in [-0.2, 0) is 6.54 Å². The maximum atomic E-state index is 10.7. The minimum absolute atomic E-state index is 0.267. The van der Waals surface area contributed by atoms with Crippen LogP contribution in [0.15, 0.2) is 22.9 Å². The molecule has 1 amide bonds. The van der Waals surface area contributed by atoms with Crippen LogP contribution in [0.4, 0.5) is 10.7 Å². The second kappa shape index (κ2) is 8.43. The first-order chi connectivity index (χ1) is 15.4. The van der Waals surface area contributed by atoms with Crippen molar-refractivity contribution in [2.75, 3.05) is 19.0 Å². The molecule has 0 fully saturated rings. The number of anilines is 1. The predicted molar refractivity (Wildman–Crippen MR) is 116 cm³/mol. The van der Waals surface area contributed by atoms with Crippen LogP contribution in [0.3, 0.4) is 0 Å². The topological polar surface area (TPSA) is 151 Å². The highest BCUT2D eigenvalue weighted by atomic mass is 16.5. The quantitative estimate of drug-likeness (QED) is 0.225. The van der Waals surface area contributed by atoms with Crippen LogP contribution in [0.25, 0.3) is 33.1 Å². The van der Waals surface area contributed by atoms with E-state index in [4.69, 9.17) is 19.6 Å². The number of nitriles is 1. The summed E-state index contributed by atoms with van der Waals surface area (Å²) < 4.78 is 12.9. The van der Waals surface area contributed by atoms with Gasteiger partial charge in [-0.2, -0.15) is 5.26 Å². The summed E-state index contributed by atoms with van der Waals surface area (Å²) >= 11 is 0. The highest BCUT2D eigenvalue weighted by molar-refractivity contribution is 6.05. The van der Waals surface area contributed by atoms with Gasteiger partial charge in [0.1, 0.15) is 17.0 Å². The molecule has 0 spiro atoms. The van der Waals surface area contributed by atoms with Crippen molar-refractivity contribution in [2.24, 2.45) is 0 Å². The van der Waals surface area contributed by atoms with E-state index in [0.717, 1.165) is 27.7 Å². The van der Waals surface area contributed by atoms with E-state index in [-0.39, 0.29) is 6.54 Å². The number of aryl methyl sites for hydroxylation is 3. The van der Waals surface area contributed by atoms with E-state index < -0.39 is 6.09 Å². The molecule has 0 saturated carbocycles. The van der Waals surface area contributed by atoms with Gasteiger partial charge in [-0.3, -0.25) is 10.3 Å². The average Bonchev–Trinajstić information content (AvgIpc) is 3.29. The lowest BCUT2D eigenvalue weighted by molar-refractivity contribution is 0.194. The SMILES string of the molecule is COc1cc2c(cc1-c1c(C)noc1C)ncc1nc(NC#N)n(CCCNC(=O)O)c12. The van der Waals surface area contributed by atoms with Crippen LogP contribution in [0.5, 0.6) is 5.75 Å². The molecular weight excluding hydrogens is 414 g/mol. The lowest BCUT2D eigenvalue weighted by Gasteiger charge is -2.13. The lowest BCUT2D eigenvalue weighted by Crippen LogP contribution is -2.23. The molecule has 32 heavy (non-hydrogen) atoms. The van der Waals surface area contributed by atoms with E-state index in [2.05, 4.69) is 25.8 Å². The standard InChI is InChI=1S/C21H21N7O4/c1-11-18(12(2)32-27-11)14-7-15-13(8-17(14)31-3)19-16(9-24-15)26-20(25-10-22)28(19)6-4-5-23-21(29)30/h7-9,23H,4-6H2,1-3H3,(H,25,26)(H,29,30). The Bertz CT molecular complexity index is 1350. The third kappa shape index (κ3) is 3.62. The van der Waals surface area contributed by atoms with E-state index in [1.807, 2.05) is 36.7 Å². The van der Waals surface area contributed by atoms with Crippen molar-refractivity contribution in [3.05, 3.63) is 29.8 Å². The summed E-state index contributed by atoms with van der Waals surface area (Å²) in [6.45, 7) is 4.42. The molecule has 164 valence electrons. The number of amides is 1. The van der Waals surface area contributed by atoms with Gasteiger partial charge in [0.2, 0.25) is 5.95 Å². The zero-order valence-electron chi connectivity index (χ0n) is 17.8. The molecule has 3 heterocycles. The lowest BCUT2D eigenvalue weighted by atomic mass is 10.0. The molecule has 0 radical (unpaired) electrons. The molecule has 0 atom stereocenters. The van der Waals surface area contributed by atoms with Crippen LogP contribution in [0, 0.1) is 25.3 Å². The van der Waals surface area contributed by atoms with Crippen molar-refractivity contribution in [2.45, 2.75) is 26.8 Å². The van der Waals surface area contributed by atoms with Gasteiger partial charge in [-0.15, -0.1) is 0 Å². The number of benzene rings is 1. The molecule has 11 heteroatoms. The van der Waals surface area contributed by atoms with Crippen molar-refractivity contribution in [1.82, 2.24) is 25.0 Å². The van der Waals surface area contributed by atoms with Crippen molar-refractivity contribution in [3.8, 4) is 23.1 Å². The Hall–Kier alpha value is -4.33. The second-order valence-electron chi connectivity index (χ2n) is 7.17. The Labute approximate surface area is 182 Å². The zero-order valence-corrected chi connectivity index (χ0v) is 17.8. The molecule has 0 bridgehead atoms. The molecule has 4 rings (SSSR count). The zero-order chi connectivity index (χ0) is 22.8. The van der Waals surface area contributed by atoms with E-state index in [1.54, 1.807) is 13.3 Å². The molecule has 0 aliphatic carbocycles. The summed E-state index contributed by atoms with van der Waals surface area (Å²) in [5.41, 5.74) is 4.50. The summed E-state index contributed by atoms with van der Waals surface area (Å²) in [5.74, 6) is 1.66. The summed E-state index contributed by atoms with van der Waals surface area (Å²) in [5, 5.41) is 27.7. The molecule has 3 N–H and O–H groups in total. The highest BCUT2D eigenvalue weighted by Gasteiger charge is 2.20. The van der Waals surface area contributed by atoms with Gasteiger partial charge < -0.3 is 24.3 Å². The van der Waals surface area contributed by atoms with Gasteiger partial charge in [-0.25, -0.2) is 9.78 Å². The summed E-state index contributed by atoms with van der Waals surface area (Å²) in [6, 6.07) is 3.80. The first kappa shape index (κ1) is 20.9. The monoisotopic (exact) mass is 435 g/mol. The molecule has 0 unspecified atom stereocenters. The number of methoxy groups -OCH3 is 1. The molecule has 1 aromatic carbocycles. The third-order valence-corrected chi connectivity index (χ3v) is 5.20. The van der Waals surface area contributed by atoms with Crippen molar-refractivity contribution < 1.29 is 19.2 Å². The maximum absolute atomic E-state index is 10.7. The van der Waals surface area contributed by atoms with Crippen LogP contribution < -0.4 is 15.4 Å². The Kier molecular flexibility index (Phi) is 5.51.